The summed E-state index contributed by atoms with van der Waals surface area (Å²) in [5.74, 6) is 0.137. The fourth-order valence-corrected chi connectivity index (χ4v) is 1.13. The first-order chi connectivity index (χ1) is 6.15. The Hall–Kier alpha value is -1.06. The molecule has 0 aromatic heterocycles. The second-order valence-corrected chi connectivity index (χ2v) is 2.88. The first-order valence-electron chi connectivity index (χ1n) is 4.09. The zero-order chi connectivity index (χ0) is 9.84. The van der Waals surface area contributed by atoms with Crippen LogP contribution in [0.1, 0.15) is 17.2 Å². The maximum atomic E-state index is 9.33. The molecule has 1 aromatic carbocycles. The molecule has 1 atom stereocenters. The van der Waals surface area contributed by atoms with E-state index in [0.717, 1.165) is 0 Å². The highest BCUT2D eigenvalue weighted by atomic mass is 16.3. The van der Waals surface area contributed by atoms with Crippen molar-refractivity contribution in [1.29, 1.82) is 0 Å². The Morgan fingerprint density at radius 1 is 1.38 bits per heavy atom. The zero-order valence-corrected chi connectivity index (χ0v) is 7.27. The predicted octanol–water partition coefficient (Wildman–Crippen LogP) is 0.794. The molecule has 0 fully saturated rings. The molecule has 0 aliphatic rings. The van der Waals surface area contributed by atoms with Gasteiger partial charge in [0, 0.05) is 6.61 Å². The van der Waals surface area contributed by atoms with E-state index < -0.39 is 6.10 Å². The van der Waals surface area contributed by atoms with Gasteiger partial charge < -0.3 is 15.3 Å². The topological polar surface area (TPSA) is 60.7 Å². The van der Waals surface area contributed by atoms with E-state index >= 15 is 0 Å². The first-order valence-corrected chi connectivity index (χ1v) is 4.09. The minimum Gasteiger partial charge on any atom is -0.508 e. The van der Waals surface area contributed by atoms with Crippen LogP contribution in [0.15, 0.2) is 18.2 Å². The number of phenolic OH excluding ortho intramolecular Hbond substituents is 1. The van der Waals surface area contributed by atoms with Crippen LogP contribution in [0, 0.1) is 6.92 Å². The van der Waals surface area contributed by atoms with Crippen LogP contribution >= 0.6 is 0 Å². The van der Waals surface area contributed by atoms with Crippen molar-refractivity contribution in [3.8, 4) is 5.75 Å². The van der Waals surface area contributed by atoms with Gasteiger partial charge in [-0.2, -0.15) is 0 Å². The lowest BCUT2D eigenvalue weighted by Gasteiger charge is -2.08. The van der Waals surface area contributed by atoms with Gasteiger partial charge in [-0.1, -0.05) is 6.07 Å². The van der Waals surface area contributed by atoms with Gasteiger partial charge in [0.2, 0.25) is 0 Å². The third kappa shape index (κ3) is 2.44. The van der Waals surface area contributed by atoms with Gasteiger partial charge in [-0.25, -0.2) is 0 Å². The van der Waals surface area contributed by atoms with Crippen LogP contribution in [0.25, 0.3) is 0 Å². The fraction of sp³-hybridized carbons (Fsp3) is 0.300. The maximum Gasteiger partial charge on any atom is 0.118 e. The van der Waals surface area contributed by atoms with E-state index in [-0.39, 0.29) is 12.4 Å². The zero-order valence-electron chi connectivity index (χ0n) is 7.27. The van der Waals surface area contributed by atoms with Gasteiger partial charge >= 0.3 is 0 Å². The molecule has 3 N–H and O–H groups in total. The fourth-order valence-electron chi connectivity index (χ4n) is 1.13. The van der Waals surface area contributed by atoms with Crippen molar-refractivity contribution in [2.75, 3.05) is 6.61 Å². The summed E-state index contributed by atoms with van der Waals surface area (Å²) in [7, 11) is 0. The van der Waals surface area contributed by atoms with Crippen molar-refractivity contribution >= 4 is 0 Å². The van der Waals surface area contributed by atoms with E-state index in [2.05, 4.69) is 6.92 Å². The average Bonchev–Trinajstić information content (AvgIpc) is 2.08. The van der Waals surface area contributed by atoms with Crippen molar-refractivity contribution in [1.82, 2.24) is 0 Å². The summed E-state index contributed by atoms with van der Waals surface area (Å²) in [6.07, 6.45) is -0.412. The quantitative estimate of drug-likeness (QED) is 0.646. The molecule has 0 spiro atoms. The lowest BCUT2D eigenvalue weighted by molar-refractivity contribution is 0.225. The van der Waals surface area contributed by atoms with Crippen molar-refractivity contribution < 1.29 is 15.3 Å². The Kier molecular flexibility index (Phi) is 3.28. The van der Waals surface area contributed by atoms with Crippen LogP contribution in [0.4, 0.5) is 0 Å². The molecule has 1 rings (SSSR count). The number of phenols is 1. The number of rotatable bonds is 3. The summed E-state index contributed by atoms with van der Waals surface area (Å²) in [5, 5.41) is 27.2. The maximum absolute atomic E-state index is 9.33. The molecule has 1 radical (unpaired) electrons. The molecule has 0 heterocycles. The van der Waals surface area contributed by atoms with E-state index in [1.165, 1.54) is 6.07 Å². The van der Waals surface area contributed by atoms with Crippen LogP contribution in [0.3, 0.4) is 0 Å². The smallest absolute Gasteiger partial charge is 0.118 e. The summed E-state index contributed by atoms with van der Waals surface area (Å²) in [6, 6.07) is 4.74. The lowest BCUT2D eigenvalue weighted by atomic mass is 10.0. The van der Waals surface area contributed by atoms with Gasteiger partial charge in [-0.3, -0.25) is 0 Å². The van der Waals surface area contributed by atoms with Crippen molar-refractivity contribution in [2.45, 2.75) is 12.5 Å². The third-order valence-electron chi connectivity index (χ3n) is 1.87. The number of hydrogen-bond acceptors (Lipinski definition) is 3. The molecular formula is C10H13O3. The van der Waals surface area contributed by atoms with Crippen LogP contribution in [0.2, 0.25) is 0 Å². The first kappa shape index (κ1) is 10.0. The molecule has 0 unspecified atom stereocenters. The van der Waals surface area contributed by atoms with E-state index in [1.807, 2.05) is 0 Å². The van der Waals surface area contributed by atoms with Crippen LogP contribution in [0.5, 0.6) is 5.75 Å². The number of aliphatic hydroxyl groups excluding tert-OH is 2. The Morgan fingerprint density at radius 3 is 2.62 bits per heavy atom. The molecule has 0 saturated carbocycles. The summed E-state index contributed by atoms with van der Waals surface area (Å²) >= 11 is 0. The van der Waals surface area contributed by atoms with Crippen LogP contribution < -0.4 is 0 Å². The minimum absolute atomic E-state index is 0.0236. The second-order valence-electron chi connectivity index (χ2n) is 2.88. The Balaban J connectivity index is 2.97. The van der Waals surface area contributed by atoms with Gasteiger partial charge in [0.1, 0.15) is 5.75 Å². The van der Waals surface area contributed by atoms with E-state index in [0.29, 0.717) is 17.5 Å². The second kappa shape index (κ2) is 4.25. The number of aliphatic hydroxyl groups is 2. The molecule has 1 aromatic rings. The average molecular weight is 181 g/mol. The highest BCUT2D eigenvalue weighted by Crippen LogP contribution is 2.22. The normalized spacial score (nSPS) is 12.8. The van der Waals surface area contributed by atoms with Crippen molar-refractivity contribution in [2.24, 2.45) is 0 Å². The third-order valence-corrected chi connectivity index (χ3v) is 1.87. The summed E-state index contributed by atoms with van der Waals surface area (Å²) in [4.78, 5) is 0. The molecule has 0 saturated heterocycles. The minimum atomic E-state index is -0.793. The highest BCUT2D eigenvalue weighted by Gasteiger charge is 2.05. The summed E-state index contributed by atoms with van der Waals surface area (Å²) in [5.41, 5.74) is 1.27. The molecule has 0 aliphatic heterocycles. The highest BCUT2D eigenvalue weighted by molar-refractivity contribution is 5.37. The Morgan fingerprint density at radius 2 is 2.08 bits per heavy atom. The number of aromatic hydroxyl groups is 1. The molecule has 0 aliphatic carbocycles. The van der Waals surface area contributed by atoms with Gasteiger partial charge in [0.15, 0.2) is 0 Å². The monoisotopic (exact) mass is 181 g/mol. The molecular weight excluding hydrogens is 168 g/mol. The predicted molar refractivity (Wildman–Crippen MR) is 49.2 cm³/mol. The standard InChI is InChI=1S/C10H13O3/c1-7(12)8-2-3-10(13)9(6-8)4-5-11/h2-3,6-7,11-13H,1,4-5H2/t7-/m1/s1. The summed E-state index contributed by atoms with van der Waals surface area (Å²) < 4.78 is 0. The van der Waals surface area contributed by atoms with Gasteiger partial charge in [-0.05, 0) is 36.6 Å². The van der Waals surface area contributed by atoms with Crippen LogP contribution in [-0.2, 0) is 6.42 Å². The lowest BCUT2D eigenvalue weighted by Crippen LogP contribution is -1.96. The SMILES string of the molecule is [CH2][C@@H](O)c1ccc(O)c(CCO)c1. The number of hydrogen-bond donors (Lipinski definition) is 3. The van der Waals surface area contributed by atoms with E-state index in [1.54, 1.807) is 12.1 Å². The van der Waals surface area contributed by atoms with E-state index in [4.69, 9.17) is 10.2 Å². The van der Waals surface area contributed by atoms with Gasteiger partial charge in [-0.15, -0.1) is 0 Å². The number of benzene rings is 1. The van der Waals surface area contributed by atoms with E-state index in [9.17, 15) is 5.11 Å². The largest absolute Gasteiger partial charge is 0.508 e. The van der Waals surface area contributed by atoms with Crippen molar-refractivity contribution in [3.05, 3.63) is 36.2 Å². The molecule has 0 bridgehead atoms. The van der Waals surface area contributed by atoms with Crippen molar-refractivity contribution in [3.63, 3.8) is 0 Å². The molecule has 3 nitrogen and oxygen atoms in total. The summed E-state index contributed by atoms with van der Waals surface area (Å²) in [6.45, 7) is 3.43. The van der Waals surface area contributed by atoms with Gasteiger partial charge in [0.25, 0.3) is 0 Å². The molecule has 3 heteroatoms. The Bertz CT molecular complexity index is 281. The molecule has 71 valence electrons. The molecule has 13 heavy (non-hydrogen) atoms. The molecule has 0 amide bonds. The van der Waals surface area contributed by atoms with Crippen LogP contribution in [-0.4, -0.2) is 21.9 Å². The van der Waals surface area contributed by atoms with Gasteiger partial charge in [0.05, 0.1) is 6.10 Å². The Labute approximate surface area is 77.3 Å².